The number of nitrogens with zero attached hydrogens (tertiary/aromatic N) is 1. The molecule has 2 N–H and O–H groups in total. The van der Waals surface area contributed by atoms with Gasteiger partial charge in [0.25, 0.3) is 11.8 Å². The van der Waals surface area contributed by atoms with Gasteiger partial charge in [0, 0.05) is 24.3 Å². The fourth-order valence-corrected chi connectivity index (χ4v) is 2.42. The van der Waals surface area contributed by atoms with Gasteiger partial charge in [-0.15, -0.1) is 0 Å². The summed E-state index contributed by atoms with van der Waals surface area (Å²) < 4.78 is 0. The number of benzene rings is 2. The van der Waals surface area contributed by atoms with E-state index in [0.717, 1.165) is 0 Å². The van der Waals surface area contributed by atoms with Crippen LogP contribution in [-0.4, -0.2) is 34.9 Å². The largest absolute Gasteiger partial charge is 0.378 e. The fraction of sp³-hybridized carbons (Fsp3) is 0.263. The smallest absolute Gasteiger partial charge is 0.257 e. The van der Waals surface area contributed by atoms with Gasteiger partial charge in [-0.2, -0.15) is 0 Å². The lowest BCUT2D eigenvalue weighted by Gasteiger charge is -2.19. The van der Waals surface area contributed by atoms with Gasteiger partial charge in [0.15, 0.2) is 6.10 Å². The summed E-state index contributed by atoms with van der Waals surface area (Å²) in [4.78, 5) is 26.3. The van der Waals surface area contributed by atoms with Crippen molar-refractivity contribution in [1.29, 1.82) is 0 Å². The van der Waals surface area contributed by atoms with Crippen molar-refractivity contribution in [3.8, 4) is 0 Å². The van der Waals surface area contributed by atoms with Crippen molar-refractivity contribution in [2.75, 3.05) is 18.4 Å². The summed E-state index contributed by atoms with van der Waals surface area (Å²) >= 11 is 0. The summed E-state index contributed by atoms with van der Waals surface area (Å²) in [5.74, 6) is -0.617. The molecule has 0 aliphatic rings. The average molecular weight is 326 g/mol. The number of aliphatic hydroxyl groups excluding tert-OH is 1. The van der Waals surface area contributed by atoms with E-state index < -0.39 is 12.0 Å². The molecule has 0 radical (unpaired) electrons. The molecule has 2 aromatic rings. The highest BCUT2D eigenvalue weighted by molar-refractivity contribution is 5.98. The van der Waals surface area contributed by atoms with Crippen LogP contribution in [0.15, 0.2) is 54.6 Å². The van der Waals surface area contributed by atoms with Gasteiger partial charge in [0.05, 0.1) is 0 Å². The van der Waals surface area contributed by atoms with E-state index in [1.165, 1.54) is 0 Å². The van der Waals surface area contributed by atoms with E-state index in [-0.39, 0.29) is 5.91 Å². The summed E-state index contributed by atoms with van der Waals surface area (Å²) in [5.41, 5.74) is 1.50. The van der Waals surface area contributed by atoms with Crippen molar-refractivity contribution >= 4 is 17.5 Å². The Hall–Kier alpha value is -2.66. The van der Waals surface area contributed by atoms with E-state index in [2.05, 4.69) is 5.32 Å². The molecule has 1 unspecified atom stereocenters. The second-order valence-electron chi connectivity index (χ2n) is 5.36. The lowest BCUT2D eigenvalue weighted by molar-refractivity contribution is -0.124. The predicted octanol–water partition coefficient (Wildman–Crippen LogP) is 2.84. The SMILES string of the molecule is CCN(CC)C(=O)c1cccc(NC(=O)C(O)c2ccccc2)c1. The first-order chi connectivity index (χ1) is 11.6. The summed E-state index contributed by atoms with van der Waals surface area (Å²) in [7, 11) is 0. The molecule has 2 amide bonds. The van der Waals surface area contributed by atoms with Gasteiger partial charge >= 0.3 is 0 Å². The van der Waals surface area contributed by atoms with Crippen LogP contribution < -0.4 is 5.32 Å². The molecule has 5 nitrogen and oxygen atoms in total. The summed E-state index contributed by atoms with van der Waals surface area (Å²) in [6, 6.07) is 15.4. The standard InChI is InChI=1S/C19H22N2O3/c1-3-21(4-2)19(24)15-11-8-12-16(13-15)20-18(23)17(22)14-9-6-5-7-10-14/h5-13,17,22H,3-4H2,1-2H3,(H,20,23). The highest BCUT2D eigenvalue weighted by Crippen LogP contribution is 2.17. The minimum Gasteiger partial charge on any atom is -0.378 e. The number of hydrogen-bond donors (Lipinski definition) is 2. The third-order valence-electron chi connectivity index (χ3n) is 3.79. The molecule has 0 fully saturated rings. The number of nitrogens with one attached hydrogen (secondary N) is 1. The van der Waals surface area contributed by atoms with Gasteiger partial charge < -0.3 is 15.3 Å². The summed E-state index contributed by atoms with van der Waals surface area (Å²) in [6.45, 7) is 5.09. The van der Waals surface area contributed by atoms with Crippen molar-refractivity contribution in [2.24, 2.45) is 0 Å². The van der Waals surface area contributed by atoms with Crippen LogP contribution in [0.25, 0.3) is 0 Å². The van der Waals surface area contributed by atoms with Crippen LogP contribution in [0.5, 0.6) is 0 Å². The number of carbonyl (C=O) groups excluding carboxylic acids is 2. The van der Waals surface area contributed by atoms with Crippen molar-refractivity contribution in [1.82, 2.24) is 4.90 Å². The maximum absolute atomic E-state index is 12.4. The van der Waals surface area contributed by atoms with E-state index >= 15 is 0 Å². The summed E-state index contributed by atoms with van der Waals surface area (Å²) in [6.07, 6.45) is -1.26. The van der Waals surface area contributed by atoms with Crippen LogP contribution in [0.3, 0.4) is 0 Å². The molecule has 0 spiro atoms. The van der Waals surface area contributed by atoms with Crippen molar-refractivity contribution in [3.05, 3.63) is 65.7 Å². The lowest BCUT2D eigenvalue weighted by Crippen LogP contribution is -2.30. The number of aliphatic hydroxyl groups is 1. The Morgan fingerprint density at radius 2 is 1.71 bits per heavy atom. The van der Waals surface area contributed by atoms with E-state index in [4.69, 9.17) is 0 Å². The molecule has 2 rings (SSSR count). The Morgan fingerprint density at radius 1 is 1.04 bits per heavy atom. The number of anilines is 1. The highest BCUT2D eigenvalue weighted by Gasteiger charge is 2.18. The number of rotatable bonds is 6. The van der Waals surface area contributed by atoms with Crippen molar-refractivity contribution in [2.45, 2.75) is 20.0 Å². The zero-order valence-corrected chi connectivity index (χ0v) is 13.9. The molecule has 1 atom stereocenters. The van der Waals surface area contributed by atoms with Crippen LogP contribution in [0.4, 0.5) is 5.69 Å². The number of amides is 2. The Bertz CT molecular complexity index is 697. The van der Waals surface area contributed by atoms with Crippen LogP contribution in [0.1, 0.15) is 35.9 Å². The Morgan fingerprint density at radius 3 is 2.33 bits per heavy atom. The summed E-state index contributed by atoms with van der Waals surface area (Å²) in [5, 5.41) is 12.8. The average Bonchev–Trinajstić information content (AvgIpc) is 2.63. The molecular weight excluding hydrogens is 304 g/mol. The molecule has 5 heteroatoms. The molecule has 0 saturated carbocycles. The van der Waals surface area contributed by atoms with Crippen LogP contribution in [-0.2, 0) is 4.79 Å². The third kappa shape index (κ3) is 4.20. The normalized spacial score (nSPS) is 11.6. The monoisotopic (exact) mass is 326 g/mol. The molecule has 126 valence electrons. The van der Waals surface area contributed by atoms with Crippen LogP contribution in [0, 0.1) is 0 Å². The van der Waals surface area contributed by atoms with Crippen LogP contribution in [0.2, 0.25) is 0 Å². The topological polar surface area (TPSA) is 69.6 Å². The second kappa shape index (κ2) is 8.26. The van der Waals surface area contributed by atoms with Crippen molar-refractivity contribution in [3.63, 3.8) is 0 Å². The molecule has 0 heterocycles. The Labute approximate surface area is 141 Å². The lowest BCUT2D eigenvalue weighted by atomic mass is 10.1. The van der Waals surface area contributed by atoms with Gasteiger partial charge in [-0.05, 0) is 37.6 Å². The zero-order valence-electron chi connectivity index (χ0n) is 13.9. The third-order valence-corrected chi connectivity index (χ3v) is 3.79. The first-order valence-corrected chi connectivity index (χ1v) is 8.00. The molecule has 24 heavy (non-hydrogen) atoms. The van der Waals surface area contributed by atoms with Gasteiger partial charge in [-0.1, -0.05) is 36.4 Å². The Kier molecular flexibility index (Phi) is 6.09. The van der Waals surface area contributed by atoms with Gasteiger partial charge in [-0.25, -0.2) is 0 Å². The van der Waals surface area contributed by atoms with Gasteiger partial charge in [-0.3, -0.25) is 9.59 Å². The van der Waals surface area contributed by atoms with Crippen molar-refractivity contribution < 1.29 is 14.7 Å². The number of carbonyl (C=O) groups is 2. The zero-order chi connectivity index (χ0) is 17.5. The van der Waals surface area contributed by atoms with E-state index in [1.807, 2.05) is 19.9 Å². The maximum atomic E-state index is 12.4. The van der Waals surface area contributed by atoms with E-state index in [9.17, 15) is 14.7 Å². The molecule has 0 saturated heterocycles. The first-order valence-electron chi connectivity index (χ1n) is 8.00. The minimum absolute atomic E-state index is 0.0836. The maximum Gasteiger partial charge on any atom is 0.257 e. The highest BCUT2D eigenvalue weighted by atomic mass is 16.3. The molecule has 2 aromatic carbocycles. The predicted molar refractivity (Wildman–Crippen MR) is 93.7 cm³/mol. The van der Waals surface area contributed by atoms with E-state index in [1.54, 1.807) is 53.4 Å². The first kappa shape index (κ1) is 17.7. The minimum atomic E-state index is -1.26. The molecule has 0 bridgehead atoms. The molecule has 0 aliphatic heterocycles. The molecule has 0 aromatic heterocycles. The quantitative estimate of drug-likeness (QED) is 0.857. The molecular formula is C19H22N2O3. The van der Waals surface area contributed by atoms with Gasteiger partial charge in [0.2, 0.25) is 0 Å². The Balaban J connectivity index is 2.12. The second-order valence-corrected chi connectivity index (χ2v) is 5.36. The number of hydrogen-bond acceptors (Lipinski definition) is 3. The van der Waals surface area contributed by atoms with E-state index in [0.29, 0.717) is 29.9 Å². The molecule has 0 aliphatic carbocycles. The van der Waals surface area contributed by atoms with Crippen LogP contribution >= 0.6 is 0 Å². The fourth-order valence-electron chi connectivity index (χ4n) is 2.42. The van der Waals surface area contributed by atoms with Gasteiger partial charge in [0.1, 0.15) is 0 Å².